The van der Waals surface area contributed by atoms with Crippen molar-refractivity contribution in [1.29, 1.82) is 0 Å². The SMILES string of the molecule is Cc1ccc2c(c1)S[C@@H](C(=O)Nc1ncn[nH]1)C2. The summed E-state index contributed by atoms with van der Waals surface area (Å²) in [4.78, 5) is 17.1. The molecule has 1 aromatic carbocycles. The van der Waals surface area contributed by atoms with Gasteiger partial charge in [0.2, 0.25) is 11.9 Å². The zero-order valence-corrected chi connectivity index (χ0v) is 10.6. The van der Waals surface area contributed by atoms with Crippen molar-refractivity contribution in [3.8, 4) is 0 Å². The van der Waals surface area contributed by atoms with E-state index in [1.807, 2.05) is 0 Å². The van der Waals surface area contributed by atoms with Gasteiger partial charge in [-0.2, -0.15) is 10.1 Å². The van der Waals surface area contributed by atoms with Gasteiger partial charge in [-0.3, -0.25) is 10.1 Å². The van der Waals surface area contributed by atoms with Crippen LogP contribution in [0, 0.1) is 6.92 Å². The molecule has 1 amide bonds. The zero-order valence-electron chi connectivity index (χ0n) is 9.80. The van der Waals surface area contributed by atoms with E-state index in [1.54, 1.807) is 11.8 Å². The highest BCUT2D eigenvalue weighted by atomic mass is 32.2. The fraction of sp³-hybridized carbons (Fsp3) is 0.250. The predicted octanol–water partition coefficient (Wildman–Crippen LogP) is 1.77. The molecule has 5 nitrogen and oxygen atoms in total. The van der Waals surface area contributed by atoms with Crippen molar-refractivity contribution in [2.24, 2.45) is 0 Å². The zero-order chi connectivity index (χ0) is 12.5. The van der Waals surface area contributed by atoms with Crippen LogP contribution in [0.2, 0.25) is 0 Å². The van der Waals surface area contributed by atoms with Crippen molar-refractivity contribution in [2.45, 2.75) is 23.5 Å². The summed E-state index contributed by atoms with van der Waals surface area (Å²) < 4.78 is 0. The Morgan fingerprint density at radius 2 is 2.44 bits per heavy atom. The minimum absolute atomic E-state index is 0.0365. The lowest BCUT2D eigenvalue weighted by atomic mass is 10.1. The molecule has 1 aromatic heterocycles. The molecule has 3 rings (SSSR count). The molecular formula is C12H12N4OS. The number of amides is 1. The molecule has 2 aromatic rings. The van der Waals surface area contributed by atoms with Gasteiger partial charge in [0.15, 0.2) is 0 Å². The van der Waals surface area contributed by atoms with E-state index in [0.717, 1.165) is 6.42 Å². The second-order valence-corrected chi connectivity index (χ2v) is 5.49. The quantitative estimate of drug-likeness (QED) is 0.863. The number of fused-ring (bicyclic) bond motifs is 1. The maximum Gasteiger partial charge on any atom is 0.240 e. The molecule has 0 fully saturated rings. The van der Waals surface area contributed by atoms with E-state index in [1.165, 1.54) is 22.3 Å². The maximum atomic E-state index is 12.0. The van der Waals surface area contributed by atoms with Crippen LogP contribution in [0.25, 0.3) is 0 Å². The molecule has 0 radical (unpaired) electrons. The number of nitrogens with zero attached hydrogens (tertiary/aromatic N) is 2. The number of nitrogens with one attached hydrogen (secondary N) is 2. The third-order valence-electron chi connectivity index (χ3n) is 2.85. The van der Waals surface area contributed by atoms with Crippen LogP contribution < -0.4 is 5.32 Å². The largest absolute Gasteiger partial charge is 0.294 e. The molecule has 0 bridgehead atoms. The topological polar surface area (TPSA) is 70.7 Å². The summed E-state index contributed by atoms with van der Waals surface area (Å²) in [5.41, 5.74) is 2.46. The number of aromatic amines is 1. The van der Waals surface area contributed by atoms with Crippen molar-refractivity contribution >= 4 is 23.6 Å². The molecule has 1 atom stereocenters. The van der Waals surface area contributed by atoms with Crippen LogP contribution in [0.5, 0.6) is 0 Å². The van der Waals surface area contributed by atoms with E-state index < -0.39 is 0 Å². The fourth-order valence-electron chi connectivity index (χ4n) is 1.94. The molecule has 6 heteroatoms. The Morgan fingerprint density at radius 1 is 1.56 bits per heavy atom. The molecule has 92 valence electrons. The first-order chi connectivity index (χ1) is 8.72. The molecule has 18 heavy (non-hydrogen) atoms. The van der Waals surface area contributed by atoms with Crippen LogP contribution in [0.1, 0.15) is 11.1 Å². The van der Waals surface area contributed by atoms with Crippen molar-refractivity contribution < 1.29 is 4.79 Å². The lowest BCUT2D eigenvalue weighted by Crippen LogP contribution is -2.25. The first-order valence-corrected chi connectivity index (χ1v) is 6.53. The van der Waals surface area contributed by atoms with Gasteiger partial charge in [0.25, 0.3) is 0 Å². The van der Waals surface area contributed by atoms with Gasteiger partial charge in [0, 0.05) is 4.90 Å². The highest BCUT2D eigenvalue weighted by Gasteiger charge is 2.28. The number of aryl methyl sites for hydroxylation is 1. The number of carbonyl (C=O) groups is 1. The van der Waals surface area contributed by atoms with Gasteiger partial charge < -0.3 is 0 Å². The average molecular weight is 260 g/mol. The van der Waals surface area contributed by atoms with Crippen LogP contribution in [0.3, 0.4) is 0 Å². The van der Waals surface area contributed by atoms with Crippen LogP contribution in [0.15, 0.2) is 29.4 Å². The highest BCUT2D eigenvalue weighted by molar-refractivity contribution is 8.01. The third-order valence-corrected chi connectivity index (χ3v) is 4.15. The summed E-state index contributed by atoms with van der Waals surface area (Å²) in [7, 11) is 0. The lowest BCUT2D eigenvalue weighted by molar-refractivity contribution is -0.115. The van der Waals surface area contributed by atoms with Gasteiger partial charge in [-0.15, -0.1) is 11.8 Å². The summed E-state index contributed by atoms with van der Waals surface area (Å²) in [5.74, 6) is 0.360. The Hall–Kier alpha value is -1.82. The van der Waals surface area contributed by atoms with E-state index in [2.05, 4.69) is 45.6 Å². The Bertz CT molecular complexity index is 582. The number of aromatic nitrogens is 3. The molecule has 0 spiro atoms. The molecule has 1 aliphatic rings. The van der Waals surface area contributed by atoms with Gasteiger partial charge in [0.05, 0.1) is 5.25 Å². The Balaban J connectivity index is 1.72. The fourth-order valence-corrected chi connectivity index (χ4v) is 3.24. The first-order valence-electron chi connectivity index (χ1n) is 5.65. The minimum atomic E-state index is -0.0908. The van der Waals surface area contributed by atoms with Gasteiger partial charge in [-0.05, 0) is 25.0 Å². The molecule has 0 saturated carbocycles. The Kier molecular flexibility index (Phi) is 2.79. The second-order valence-electron chi connectivity index (χ2n) is 4.25. The minimum Gasteiger partial charge on any atom is -0.294 e. The Labute approximate surface area is 108 Å². The van der Waals surface area contributed by atoms with E-state index in [9.17, 15) is 4.79 Å². The number of benzene rings is 1. The standard InChI is InChI=1S/C12H12N4OS/c1-7-2-3-8-5-10(18-9(8)4-7)11(17)15-12-13-6-14-16-12/h2-4,6,10H,5H2,1H3,(H2,13,14,15,16,17)/t10-/m1/s1. The summed E-state index contributed by atoms with van der Waals surface area (Å²) in [6.45, 7) is 2.06. The Morgan fingerprint density at radius 3 is 3.22 bits per heavy atom. The maximum absolute atomic E-state index is 12.0. The van der Waals surface area contributed by atoms with Crippen LogP contribution in [-0.4, -0.2) is 26.3 Å². The van der Waals surface area contributed by atoms with Gasteiger partial charge >= 0.3 is 0 Å². The molecule has 2 N–H and O–H groups in total. The van der Waals surface area contributed by atoms with Gasteiger partial charge in [-0.1, -0.05) is 17.7 Å². The number of thioether (sulfide) groups is 1. The smallest absolute Gasteiger partial charge is 0.240 e. The van der Waals surface area contributed by atoms with Crippen molar-refractivity contribution in [3.63, 3.8) is 0 Å². The summed E-state index contributed by atoms with van der Waals surface area (Å²) in [6.07, 6.45) is 2.13. The lowest BCUT2D eigenvalue weighted by Gasteiger charge is -2.06. The first kappa shape index (κ1) is 11.3. The number of carbonyl (C=O) groups excluding carboxylic acids is 1. The molecule has 0 saturated heterocycles. The monoisotopic (exact) mass is 260 g/mol. The van der Waals surface area contributed by atoms with E-state index >= 15 is 0 Å². The van der Waals surface area contributed by atoms with Crippen LogP contribution in [-0.2, 0) is 11.2 Å². The van der Waals surface area contributed by atoms with E-state index in [-0.39, 0.29) is 11.2 Å². The number of anilines is 1. The normalized spacial score (nSPS) is 17.5. The predicted molar refractivity (Wildman–Crippen MR) is 69.5 cm³/mol. The molecular weight excluding hydrogens is 248 g/mol. The summed E-state index contributed by atoms with van der Waals surface area (Å²) in [6, 6.07) is 6.30. The second kappa shape index (κ2) is 4.45. The average Bonchev–Trinajstić information content (AvgIpc) is 2.96. The van der Waals surface area contributed by atoms with Crippen molar-refractivity contribution in [1.82, 2.24) is 15.2 Å². The third kappa shape index (κ3) is 2.11. The number of hydrogen-bond donors (Lipinski definition) is 2. The highest BCUT2D eigenvalue weighted by Crippen LogP contribution is 2.37. The van der Waals surface area contributed by atoms with Crippen molar-refractivity contribution in [2.75, 3.05) is 5.32 Å². The van der Waals surface area contributed by atoms with Crippen LogP contribution >= 0.6 is 11.8 Å². The van der Waals surface area contributed by atoms with E-state index in [4.69, 9.17) is 0 Å². The summed E-state index contributed by atoms with van der Waals surface area (Å²) >= 11 is 1.61. The molecule has 1 aliphatic heterocycles. The molecule has 0 aliphatic carbocycles. The van der Waals surface area contributed by atoms with Crippen LogP contribution in [0.4, 0.5) is 5.95 Å². The molecule has 0 unspecified atom stereocenters. The van der Waals surface area contributed by atoms with E-state index in [0.29, 0.717) is 5.95 Å². The van der Waals surface area contributed by atoms with Gasteiger partial charge in [0.1, 0.15) is 6.33 Å². The number of rotatable bonds is 2. The van der Waals surface area contributed by atoms with Gasteiger partial charge in [-0.25, -0.2) is 5.10 Å². The number of hydrogen-bond acceptors (Lipinski definition) is 4. The molecule has 2 heterocycles. The van der Waals surface area contributed by atoms with Crippen molar-refractivity contribution in [3.05, 3.63) is 35.7 Å². The number of H-pyrrole nitrogens is 1. The summed E-state index contributed by atoms with van der Waals surface area (Å²) in [5, 5.41) is 8.95.